The van der Waals surface area contributed by atoms with Gasteiger partial charge in [-0.25, -0.2) is 0 Å². The maximum absolute atomic E-state index is 12.4. The van der Waals surface area contributed by atoms with Crippen molar-refractivity contribution in [2.24, 2.45) is 10.9 Å². The Hall–Kier alpha value is -1.84. The maximum Gasteiger partial charge on any atom is 0.401 e. The molecule has 1 aromatic rings. The van der Waals surface area contributed by atoms with Gasteiger partial charge in [0.05, 0.1) is 13.1 Å². The number of halogens is 3. The molecule has 1 fully saturated rings. The van der Waals surface area contributed by atoms with E-state index >= 15 is 0 Å². The van der Waals surface area contributed by atoms with Gasteiger partial charge in [0.2, 0.25) is 5.89 Å². The number of aliphatic imine (C=N–C) groups is 1. The molecule has 1 aliphatic rings. The Morgan fingerprint density at radius 3 is 2.60 bits per heavy atom. The molecule has 25 heavy (non-hydrogen) atoms. The van der Waals surface area contributed by atoms with E-state index in [9.17, 15) is 13.2 Å². The normalized spacial score (nSPS) is 17.7. The topological polar surface area (TPSA) is 78.6 Å². The lowest BCUT2D eigenvalue weighted by atomic mass is 9.93. The minimum atomic E-state index is -4.11. The van der Waals surface area contributed by atoms with E-state index in [1.54, 1.807) is 14.0 Å². The van der Waals surface area contributed by atoms with Crippen LogP contribution in [0.2, 0.25) is 0 Å². The average Bonchev–Trinajstić information content (AvgIpc) is 2.96. The first-order valence-corrected chi connectivity index (χ1v) is 8.38. The fraction of sp³-hybridized carbons (Fsp3) is 0.800. The van der Waals surface area contributed by atoms with Crippen molar-refractivity contribution in [1.82, 2.24) is 25.7 Å². The van der Waals surface area contributed by atoms with Crippen molar-refractivity contribution in [3.63, 3.8) is 0 Å². The number of aryl methyl sites for hydroxylation is 1. The van der Waals surface area contributed by atoms with Gasteiger partial charge in [-0.15, -0.1) is 0 Å². The predicted octanol–water partition coefficient (Wildman–Crippen LogP) is 1.71. The second kappa shape index (κ2) is 9.02. The minimum absolute atomic E-state index is 0.410. The number of piperidine rings is 1. The van der Waals surface area contributed by atoms with Crippen LogP contribution < -0.4 is 10.6 Å². The summed E-state index contributed by atoms with van der Waals surface area (Å²) < 4.78 is 42.0. The van der Waals surface area contributed by atoms with Gasteiger partial charge in [-0.2, -0.15) is 18.2 Å². The fourth-order valence-corrected chi connectivity index (χ4v) is 2.88. The smallest absolute Gasteiger partial charge is 0.356 e. The zero-order valence-corrected chi connectivity index (χ0v) is 14.6. The fourth-order valence-electron chi connectivity index (χ4n) is 2.88. The number of guanidine groups is 1. The molecule has 2 heterocycles. The third-order valence-corrected chi connectivity index (χ3v) is 4.16. The molecule has 1 saturated heterocycles. The summed E-state index contributed by atoms with van der Waals surface area (Å²) in [7, 11) is 1.67. The van der Waals surface area contributed by atoms with E-state index < -0.39 is 12.7 Å². The third kappa shape index (κ3) is 7.29. The molecule has 2 N–H and O–H groups in total. The number of hydrogen-bond donors (Lipinski definition) is 2. The maximum atomic E-state index is 12.4. The number of nitrogens with one attached hydrogen (secondary N) is 2. The lowest BCUT2D eigenvalue weighted by molar-refractivity contribution is -0.148. The van der Waals surface area contributed by atoms with Gasteiger partial charge >= 0.3 is 6.18 Å². The zero-order valence-electron chi connectivity index (χ0n) is 14.6. The standard InChI is InChI=1S/C15H25F3N6O/c1-11-22-13(23-25-11)9-21-14(19-2)20-6-3-12-4-7-24(8-5-12)10-15(16,17)18/h12H,3-10H2,1-2H3,(H2,19,20,21). The largest absolute Gasteiger partial charge is 0.401 e. The quantitative estimate of drug-likeness (QED) is 0.593. The molecule has 7 nitrogen and oxygen atoms in total. The molecule has 0 atom stereocenters. The van der Waals surface area contributed by atoms with Crippen LogP contribution in [0.15, 0.2) is 9.52 Å². The molecular weight excluding hydrogens is 337 g/mol. The van der Waals surface area contributed by atoms with Gasteiger partial charge in [-0.3, -0.25) is 9.89 Å². The summed E-state index contributed by atoms with van der Waals surface area (Å²) in [4.78, 5) is 9.70. The summed E-state index contributed by atoms with van der Waals surface area (Å²) in [6, 6.07) is 0. The molecule has 0 radical (unpaired) electrons. The molecule has 0 amide bonds. The van der Waals surface area contributed by atoms with Crippen LogP contribution in [0, 0.1) is 12.8 Å². The van der Waals surface area contributed by atoms with Gasteiger partial charge in [-0.1, -0.05) is 5.16 Å². The highest BCUT2D eigenvalue weighted by molar-refractivity contribution is 5.79. The number of likely N-dealkylation sites (tertiary alicyclic amines) is 1. The van der Waals surface area contributed by atoms with Crippen LogP contribution >= 0.6 is 0 Å². The zero-order chi connectivity index (χ0) is 18.3. The second-order valence-corrected chi connectivity index (χ2v) is 6.21. The summed E-state index contributed by atoms with van der Waals surface area (Å²) in [5, 5.41) is 10.1. The van der Waals surface area contributed by atoms with Crippen LogP contribution in [0.25, 0.3) is 0 Å². The van der Waals surface area contributed by atoms with Crippen molar-refractivity contribution in [2.45, 2.75) is 38.9 Å². The van der Waals surface area contributed by atoms with Crippen LogP contribution in [0.5, 0.6) is 0 Å². The molecule has 10 heteroatoms. The molecule has 0 aliphatic carbocycles. The first-order chi connectivity index (χ1) is 11.9. The lowest BCUT2D eigenvalue weighted by Crippen LogP contribution is -2.41. The van der Waals surface area contributed by atoms with Crippen LogP contribution in [0.4, 0.5) is 13.2 Å². The van der Waals surface area contributed by atoms with E-state index in [1.807, 2.05) is 0 Å². The first-order valence-electron chi connectivity index (χ1n) is 8.38. The van der Waals surface area contributed by atoms with Crippen molar-refractivity contribution in [2.75, 3.05) is 33.2 Å². The van der Waals surface area contributed by atoms with Crippen LogP contribution in [-0.2, 0) is 6.54 Å². The van der Waals surface area contributed by atoms with Crippen molar-refractivity contribution < 1.29 is 17.7 Å². The summed E-state index contributed by atoms with van der Waals surface area (Å²) >= 11 is 0. The highest BCUT2D eigenvalue weighted by Gasteiger charge is 2.32. The Morgan fingerprint density at radius 2 is 2.04 bits per heavy atom. The van der Waals surface area contributed by atoms with Crippen molar-refractivity contribution >= 4 is 5.96 Å². The minimum Gasteiger partial charge on any atom is -0.356 e. The van der Waals surface area contributed by atoms with E-state index in [2.05, 4.69) is 25.8 Å². The molecule has 142 valence electrons. The van der Waals surface area contributed by atoms with Crippen molar-refractivity contribution in [3.8, 4) is 0 Å². The Balaban J connectivity index is 1.61. The molecular formula is C15H25F3N6O. The third-order valence-electron chi connectivity index (χ3n) is 4.16. The lowest BCUT2D eigenvalue weighted by Gasteiger charge is -2.32. The van der Waals surface area contributed by atoms with Crippen LogP contribution in [0.1, 0.15) is 31.0 Å². The predicted molar refractivity (Wildman–Crippen MR) is 87.1 cm³/mol. The summed E-state index contributed by atoms with van der Waals surface area (Å²) in [6.45, 7) is 3.07. The van der Waals surface area contributed by atoms with E-state index in [4.69, 9.17) is 4.52 Å². The van der Waals surface area contributed by atoms with E-state index in [1.165, 1.54) is 4.90 Å². The summed E-state index contributed by atoms with van der Waals surface area (Å²) in [6.07, 6.45) is -1.61. The average molecular weight is 362 g/mol. The van der Waals surface area contributed by atoms with Crippen LogP contribution in [-0.4, -0.2) is 60.4 Å². The van der Waals surface area contributed by atoms with E-state index in [0.717, 1.165) is 25.8 Å². The molecule has 0 unspecified atom stereocenters. The molecule has 1 aromatic heterocycles. The molecule has 1 aliphatic heterocycles. The summed E-state index contributed by atoms with van der Waals surface area (Å²) in [5.41, 5.74) is 0. The molecule has 0 saturated carbocycles. The summed E-state index contributed by atoms with van der Waals surface area (Å²) in [5.74, 6) is 2.14. The van der Waals surface area contributed by atoms with Gasteiger partial charge in [0.15, 0.2) is 11.8 Å². The molecule has 0 bridgehead atoms. The van der Waals surface area contributed by atoms with Gasteiger partial charge in [0.1, 0.15) is 0 Å². The van der Waals surface area contributed by atoms with Gasteiger partial charge in [-0.05, 0) is 38.3 Å². The first kappa shape index (κ1) is 19.5. The molecule has 2 rings (SSSR count). The monoisotopic (exact) mass is 362 g/mol. The van der Waals surface area contributed by atoms with Gasteiger partial charge in [0, 0.05) is 20.5 Å². The van der Waals surface area contributed by atoms with Crippen molar-refractivity contribution in [3.05, 3.63) is 11.7 Å². The van der Waals surface area contributed by atoms with Crippen molar-refractivity contribution in [1.29, 1.82) is 0 Å². The molecule has 0 aromatic carbocycles. The number of alkyl halides is 3. The Kier molecular flexibility index (Phi) is 7.03. The number of rotatable bonds is 6. The number of hydrogen-bond acceptors (Lipinski definition) is 5. The Bertz CT molecular complexity index is 552. The Morgan fingerprint density at radius 1 is 1.32 bits per heavy atom. The highest BCUT2D eigenvalue weighted by atomic mass is 19.4. The van der Waals surface area contributed by atoms with Gasteiger partial charge in [0.25, 0.3) is 0 Å². The van der Waals surface area contributed by atoms with Crippen LogP contribution in [0.3, 0.4) is 0 Å². The van der Waals surface area contributed by atoms with E-state index in [0.29, 0.717) is 43.2 Å². The number of nitrogens with zero attached hydrogens (tertiary/aromatic N) is 4. The Labute approximate surface area is 145 Å². The van der Waals surface area contributed by atoms with E-state index in [-0.39, 0.29) is 0 Å². The highest BCUT2D eigenvalue weighted by Crippen LogP contribution is 2.23. The SMILES string of the molecule is CN=C(NCCC1CCN(CC(F)(F)F)CC1)NCc1noc(C)n1. The molecule has 0 spiro atoms. The second-order valence-electron chi connectivity index (χ2n) is 6.21. The van der Waals surface area contributed by atoms with Gasteiger partial charge < -0.3 is 15.2 Å². The number of aromatic nitrogens is 2.